The van der Waals surface area contributed by atoms with Crippen molar-refractivity contribution in [3.8, 4) is 0 Å². The normalized spacial score (nSPS) is 43.3. The van der Waals surface area contributed by atoms with E-state index in [-0.39, 0.29) is 28.5 Å². The summed E-state index contributed by atoms with van der Waals surface area (Å²) in [4.78, 5) is 11.8. The highest BCUT2D eigenvalue weighted by Gasteiger charge is 2.72. The van der Waals surface area contributed by atoms with Gasteiger partial charge in [-0.3, -0.25) is 4.79 Å². The van der Waals surface area contributed by atoms with Crippen molar-refractivity contribution in [3.05, 3.63) is 0 Å². The minimum Gasteiger partial charge on any atom is -0.273 e. The largest absolute Gasteiger partial charge is 0.273 e. The Hall–Kier alpha value is -0.100. The second kappa shape index (κ2) is 3.75. The molecule has 0 aromatic rings. The van der Waals surface area contributed by atoms with Crippen molar-refractivity contribution in [3.63, 3.8) is 0 Å². The molecular weight excluding hydrogens is 330 g/mol. The summed E-state index contributed by atoms with van der Waals surface area (Å²) in [7, 11) is -3.45. The molecule has 19 heavy (non-hydrogen) atoms. The van der Waals surface area contributed by atoms with E-state index in [1.807, 2.05) is 0 Å². The molecule has 1 aliphatic heterocycles. The molecule has 0 unspecified atom stereocenters. The average Bonchev–Trinajstić information content (AvgIpc) is 2.74. The Bertz CT molecular complexity index is 542. The van der Waals surface area contributed by atoms with Gasteiger partial charge in [-0.1, -0.05) is 29.8 Å². The number of sulfonamides is 1. The van der Waals surface area contributed by atoms with Gasteiger partial charge in [0.2, 0.25) is 15.9 Å². The first-order valence-corrected chi connectivity index (χ1v) is 9.36. The van der Waals surface area contributed by atoms with Gasteiger partial charge >= 0.3 is 0 Å². The van der Waals surface area contributed by atoms with Crippen LogP contribution in [0.2, 0.25) is 0 Å². The smallest absolute Gasteiger partial charge is 0.249 e. The fraction of sp³-hybridized carbons (Fsp3) is 0.923. The molecule has 2 bridgehead atoms. The minimum absolute atomic E-state index is 0.0231. The van der Waals surface area contributed by atoms with Crippen molar-refractivity contribution in [1.82, 2.24) is 4.31 Å². The molecule has 1 saturated heterocycles. The van der Waals surface area contributed by atoms with Gasteiger partial charge in [0.1, 0.15) is 0 Å². The number of nitrogens with zero attached hydrogens (tertiary/aromatic N) is 1. The average molecular weight is 350 g/mol. The zero-order valence-electron chi connectivity index (χ0n) is 11.5. The van der Waals surface area contributed by atoms with E-state index in [9.17, 15) is 13.2 Å². The van der Waals surface area contributed by atoms with Crippen LogP contribution in [0.3, 0.4) is 0 Å². The van der Waals surface area contributed by atoms with Crippen molar-refractivity contribution in [2.45, 2.75) is 50.9 Å². The summed E-state index contributed by atoms with van der Waals surface area (Å²) in [6.45, 7) is 6.07. The molecule has 3 fully saturated rings. The molecular formula is C13H20BrNO3S. The molecule has 0 aromatic heterocycles. The number of alkyl halides is 1. The Balaban J connectivity index is 2.09. The first-order chi connectivity index (χ1) is 8.63. The summed E-state index contributed by atoms with van der Waals surface area (Å²) in [5, 5.41) is 0. The van der Waals surface area contributed by atoms with E-state index in [0.29, 0.717) is 5.92 Å². The summed E-state index contributed by atoms with van der Waals surface area (Å²) in [5.74, 6) is 0.402. The standard InChI is InChI=1S/C13H20BrNO3S/c1-8(14)11(16)15-10-6-9-4-5-13(10,12(9,2)3)7-19(15,17)18/h8-10H,4-7H2,1-3H3/t8-,9+,10-,13-/m0/s1. The van der Waals surface area contributed by atoms with Gasteiger partial charge in [-0.25, -0.2) is 12.7 Å². The molecule has 0 N–H and O–H groups in total. The predicted octanol–water partition coefficient (Wildman–Crippen LogP) is 2.14. The van der Waals surface area contributed by atoms with Crippen LogP contribution < -0.4 is 0 Å². The fourth-order valence-electron chi connectivity index (χ4n) is 4.75. The van der Waals surface area contributed by atoms with Gasteiger partial charge in [0, 0.05) is 5.41 Å². The molecule has 2 saturated carbocycles. The lowest BCUT2D eigenvalue weighted by Crippen LogP contribution is -2.46. The molecule has 4 nitrogen and oxygen atoms in total. The Morgan fingerprint density at radius 2 is 2.05 bits per heavy atom. The van der Waals surface area contributed by atoms with E-state index < -0.39 is 14.9 Å². The molecule has 2 aliphatic carbocycles. The maximum absolute atomic E-state index is 12.5. The third-order valence-electron chi connectivity index (χ3n) is 5.97. The second-order valence-electron chi connectivity index (χ2n) is 6.87. The molecule has 6 heteroatoms. The van der Waals surface area contributed by atoms with E-state index in [1.54, 1.807) is 6.92 Å². The monoisotopic (exact) mass is 349 g/mol. The topological polar surface area (TPSA) is 54.5 Å². The zero-order chi connectivity index (χ0) is 14.2. The first kappa shape index (κ1) is 13.9. The SMILES string of the molecule is C[C@H](Br)C(=O)N1[C@H]2C[C@H]3CC[C@@]2(CS1(=O)=O)C3(C)C. The lowest BCUT2D eigenvalue weighted by atomic mass is 9.69. The Morgan fingerprint density at radius 1 is 1.42 bits per heavy atom. The second-order valence-corrected chi connectivity index (χ2v) is 10.1. The van der Waals surface area contributed by atoms with Crippen LogP contribution in [0.5, 0.6) is 0 Å². The van der Waals surface area contributed by atoms with Crippen LogP contribution in [-0.2, 0) is 14.8 Å². The maximum atomic E-state index is 12.5. The van der Waals surface area contributed by atoms with Crippen molar-refractivity contribution < 1.29 is 13.2 Å². The van der Waals surface area contributed by atoms with E-state index in [1.165, 1.54) is 4.31 Å². The van der Waals surface area contributed by atoms with Gasteiger partial charge in [0.25, 0.3) is 0 Å². The molecule has 3 rings (SSSR count). The van der Waals surface area contributed by atoms with Crippen LogP contribution in [0.1, 0.15) is 40.0 Å². The molecule has 3 aliphatic rings. The summed E-state index contributed by atoms with van der Waals surface area (Å²) >= 11 is 3.22. The highest BCUT2D eigenvalue weighted by molar-refractivity contribution is 9.10. The number of carbonyl (C=O) groups excluding carboxylic acids is 1. The third-order valence-corrected chi connectivity index (χ3v) is 8.27. The van der Waals surface area contributed by atoms with E-state index >= 15 is 0 Å². The molecule has 108 valence electrons. The van der Waals surface area contributed by atoms with Crippen LogP contribution in [0.15, 0.2) is 0 Å². The summed E-state index contributed by atoms with van der Waals surface area (Å²) in [5.41, 5.74) is -0.191. The number of rotatable bonds is 1. The number of halogens is 1. The van der Waals surface area contributed by atoms with Crippen molar-refractivity contribution >= 4 is 31.9 Å². The summed E-state index contributed by atoms with van der Waals surface area (Å²) in [6, 6.07) is -0.112. The first-order valence-electron chi connectivity index (χ1n) is 6.83. The number of fused-ring (bicyclic) bond motifs is 1. The van der Waals surface area contributed by atoms with Gasteiger partial charge in [-0.15, -0.1) is 0 Å². The molecule has 4 atom stereocenters. The quantitative estimate of drug-likeness (QED) is 0.681. The molecule has 1 heterocycles. The maximum Gasteiger partial charge on any atom is 0.249 e. The summed E-state index contributed by atoms with van der Waals surface area (Å²) in [6.07, 6.45) is 2.89. The fourth-order valence-corrected chi connectivity index (χ4v) is 7.72. The molecule has 0 radical (unpaired) electrons. The predicted molar refractivity (Wildman–Crippen MR) is 76.4 cm³/mol. The van der Waals surface area contributed by atoms with Gasteiger partial charge in [0.15, 0.2) is 0 Å². The van der Waals surface area contributed by atoms with Crippen molar-refractivity contribution in [2.75, 3.05) is 5.75 Å². The zero-order valence-corrected chi connectivity index (χ0v) is 13.9. The lowest BCUT2D eigenvalue weighted by molar-refractivity contribution is -0.128. The number of amides is 1. The van der Waals surface area contributed by atoms with Gasteiger partial charge in [0.05, 0.1) is 16.6 Å². The number of hydrogen-bond acceptors (Lipinski definition) is 3. The van der Waals surface area contributed by atoms with Crippen molar-refractivity contribution in [1.29, 1.82) is 0 Å². The Kier molecular flexibility index (Phi) is 2.74. The van der Waals surface area contributed by atoms with E-state index in [0.717, 1.165) is 19.3 Å². The van der Waals surface area contributed by atoms with Crippen LogP contribution in [-0.4, -0.2) is 35.3 Å². The van der Waals surface area contributed by atoms with Crippen molar-refractivity contribution in [2.24, 2.45) is 16.7 Å². The number of carbonyl (C=O) groups is 1. The molecule has 1 amide bonds. The van der Waals surface area contributed by atoms with E-state index in [2.05, 4.69) is 29.8 Å². The highest BCUT2D eigenvalue weighted by atomic mass is 79.9. The van der Waals surface area contributed by atoms with Crippen LogP contribution in [0.4, 0.5) is 0 Å². The van der Waals surface area contributed by atoms with Gasteiger partial charge in [-0.2, -0.15) is 0 Å². The molecule has 0 aromatic carbocycles. The highest BCUT2D eigenvalue weighted by Crippen LogP contribution is 2.70. The molecule has 1 spiro atoms. The Labute approximate surface area is 123 Å². The Morgan fingerprint density at radius 3 is 2.58 bits per heavy atom. The number of hydrogen-bond donors (Lipinski definition) is 0. The minimum atomic E-state index is -3.45. The van der Waals surface area contributed by atoms with Gasteiger partial charge in [-0.05, 0) is 37.5 Å². The lowest BCUT2D eigenvalue weighted by Gasteiger charge is -2.37. The summed E-state index contributed by atoms with van der Waals surface area (Å²) < 4.78 is 26.2. The third kappa shape index (κ3) is 1.50. The van der Waals surface area contributed by atoms with Crippen LogP contribution in [0.25, 0.3) is 0 Å². The van der Waals surface area contributed by atoms with Gasteiger partial charge < -0.3 is 0 Å². The van der Waals surface area contributed by atoms with E-state index in [4.69, 9.17) is 0 Å². The van der Waals surface area contributed by atoms with Crippen LogP contribution in [0, 0.1) is 16.7 Å². The van der Waals surface area contributed by atoms with Crippen LogP contribution >= 0.6 is 15.9 Å².